The van der Waals surface area contributed by atoms with E-state index in [1.54, 1.807) is 89.8 Å². The average molecular weight is 887 g/mol. The molecular formula is C48H46N4O9S2. The number of ether oxygens (including phenoxy) is 3. The lowest BCUT2D eigenvalue weighted by Gasteiger charge is -2.28. The molecule has 2 fully saturated rings. The Morgan fingerprint density at radius 1 is 0.571 bits per heavy atom. The fourth-order valence-corrected chi connectivity index (χ4v) is 9.98. The van der Waals surface area contributed by atoms with Gasteiger partial charge >= 0.3 is 0 Å². The lowest BCUT2D eigenvalue weighted by atomic mass is 10.1. The van der Waals surface area contributed by atoms with Crippen LogP contribution < -0.4 is 23.4 Å². The summed E-state index contributed by atoms with van der Waals surface area (Å²) >= 11 is 0. The highest BCUT2D eigenvalue weighted by Gasteiger charge is 2.30. The SMILES string of the molecule is O=C(NC1CC1)c1cccc(N(Cc2ccccc2)S(=O)(=O)c2ccccc2)c1.O=C(c1cccc(N(Cc2ccccc2)S(=O)(=O)c2ccc3c(c2)OCO3)c1)N1CCOCC1. The molecule has 1 N–H and O–H groups in total. The summed E-state index contributed by atoms with van der Waals surface area (Å²) in [5.41, 5.74) is 3.42. The smallest absolute Gasteiger partial charge is 0.264 e. The van der Waals surface area contributed by atoms with Crippen molar-refractivity contribution in [2.45, 2.75) is 41.8 Å². The number of carbonyl (C=O) groups is 2. The molecule has 6 aromatic rings. The highest BCUT2D eigenvalue weighted by atomic mass is 32.2. The Kier molecular flexibility index (Phi) is 13.1. The number of carbonyl (C=O) groups excluding carboxylic acids is 2. The second kappa shape index (κ2) is 19.2. The summed E-state index contributed by atoms with van der Waals surface area (Å²) < 4.78 is 73.3. The first-order valence-electron chi connectivity index (χ1n) is 20.5. The van der Waals surface area contributed by atoms with E-state index in [0.717, 1.165) is 24.0 Å². The van der Waals surface area contributed by atoms with Gasteiger partial charge in [0.1, 0.15) is 0 Å². The number of fused-ring (bicyclic) bond motifs is 1. The van der Waals surface area contributed by atoms with Crippen molar-refractivity contribution in [2.24, 2.45) is 0 Å². The lowest BCUT2D eigenvalue weighted by molar-refractivity contribution is 0.0303. The molecule has 0 aromatic heterocycles. The van der Waals surface area contributed by atoms with Crippen molar-refractivity contribution in [3.05, 3.63) is 180 Å². The minimum Gasteiger partial charge on any atom is -0.454 e. The molecule has 0 unspecified atom stereocenters. The zero-order valence-electron chi connectivity index (χ0n) is 34.3. The number of hydrogen-bond donors (Lipinski definition) is 1. The van der Waals surface area contributed by atoms with Gasteiger partial charge < -0.3 is 24.4 Å². The molecule has 13 nitrogen and oxygen atoms in total. The van der Waals surface area contributed by atoms with Gasteiger partial charge in [-0.15, -0.1) is 0 Å². The molecule has 0 spiro atoms. The van der Waals surface area contributed by atoms with Crippen molar-refractivity contribution in [1.29, 1.82) is 0 Å². The van der Waals surface area contributed by atoms with E-state index in [4.69, 9.17) is 14.2 Å². The Morgan fingerprint density at radius 3 is 1.68 bits per heavy atom. The van der Waals surface area contributed by atoms with Gasteiger partial charge in [-0.3, -0.25) is 18.2 Å². The minimum atomic E-state index is -3.99. The zero-order valence-corrected chi connectivity index (χ0v) is 35.9. The molecule has 3 aliphatic rings. The lowest BCUT2D eigenvalue weighted by Crippen LogP contribution is -2.40. The maximum absolute atomic E-state index is 13.8. The van der Waals surface area contributed by atoms with Crippen LogP contribution in [0.25, 0.3) is 0 Å². The van der Waals surface area contributed by atoms with Crippen molar-refractivity contribution in [2.75, 3.05) is 41.7 Å². The average Bonchev–Trinajstić information content (AvgIpc) is 4.02. The van der Waals surface area contributed by atoms with Crippen LogP contribution in [0.2, 0.25) is 0 Å². The molecule has 0 radical (unpaired) electrons. The Hall–Kier alpha value is -6.68. The van der Waals surface area contributed by atoms with Crippen molar-refractivity contribution in [3.8, 4) is 11.5 Å². The van der Waals surface area contributed by atoms with Crippen LogP contribution in [0, 0.1) is 0 Å². The van der Waals surface area contributed by atoms with Gasteiger partial charge in [0.25, 0.3) is 31.9 Å². The first kappa shape index (κ1) is 43.0. The van der Waals surface area contributed by atoms with E-state index >= 15 is 0 Å². The van der Waals surface area contributed by atoms with Crippen LogP contribution in [-0.2, 0) is 37.9 Å². The fourth-order valence-electron chi connectivity index (χ4n) is 7.05. The molecule has 63 heavy (non-hydrogen) atoms. The number of amides is 2. The van der Waals surface area contributed by atoms with Crippen molar-refractivity contribution in [1.82, 2.24) is 10.2 Å². The standard InChI is InChI=1S/C25H24N2O6S.C23H22N2O3S/c28-25(26-11-13-31-14-12-26)20-7-4-8-21(15-20)27(17-19-5-2-1-3-6-19)34(29,30)22-9-10-23-24(16-22)33-18-32-23;26-23(24-20-14-15-20)19-10-7-11-21(16-19)25(17-18-8-3-1-4-9-18)29(27,28)22-12-5-2-6-13-22/h1-10,15-16H,11-14,17-18H2;1-13,16,20H,14-15,17H2,(H,24,26). The maximum Gasteiger partial charge on any atom is 0.264 e. The van der Waals surface area contributed by atoms with Gasteiger partial charge in [-0.2, -0.15) is 0 Å². The van der Waals surface area contributed by atoms with E-state index in [2.05, 4.69) is 5.32 Å². The van der Waals surface area contributed by atoms with E-state index in [9.17, 15) is 26.4 Å². The summed E-state index contributed by atoms with van der Waals surface area (Å²) in [7, 11) is -7.79. The van der Waals surface area contributed by atoms with Crippen LogP contribution in [-0.4, -0.2) is 72.7 Å². The normalized spacial score (nSPS) is 14.5. The van der Waals surface area contributed by atoms with Gasteiger partial charge in [-0.1, -0.05) is 91.0 Å². The molecule has 324 valence electrons. The van der Waals surface area contributed by atoms with Gasteiger partial charge in [-0.05, 0) is 84.6 Å². The maximum atomic E-state index is 13.8. The van der Waals surface area contributed by atoms with Crippen LogP contribution in [0.15, 0.2) is 168 Å². The van der Waals surface area contributed by atoms with E-state index in [1.807, 2.05) is 60.7 Å². The molecule has 1 aliphatic carbocycles. The molecule has 0 atom stereocenters. The molecule has 1 saturated heterocycles. The van der Waals surface area contributed by atoms with E-state index < -0.39 is 20.0 Å². The van der Waals surface area contributed by atoms with Gasteiger partial charge in [0.2, 0.25) is 6.79 Å². The molecule has 0 bridgehead atoms. The Balaban J connectivity index is 0.000000175. The van der Waals surface area contributed by atoms with Gasteiger partial charge in [0.05, 0.1) is 47.5 Å². The molecule has 9 rings (SSSR count). The minimum absolute atomic E-state index is 0.0538. The summed E-state index contributed by atoms with van der Waals surface area (Å²) in [6, 6.07) is 45.4. The molecular weight excluding hydrogens is 841 g/mol. The van der Waals surface area contributed by atoms with E-state index in [-0.39, 0.29) is 47.5 Å². The first-order valence-corrected chi connectivity index (χ1v) is 23.4. The molecule has 2 heterocycles. The number of nitrogens with one attached hydrogen (secondary N) is 1. The third-order valence-electron chi connectivity index (χ3n) is 10.6. The third-order valence-corrected chi connectivity index (χ3v) is 14.1. The van der Waals surface area contributed by atoms with Crippen LogP contribution in [0.5, 0.6) is 11.5 Å². The number of nitrogens with zero attached hydrogens (tertiary/aromatic N) is 3. The Labute approximate surface area is 367 Å². The molecule has 6 aromatic carbocycles. The number of rotatable bonds is 13. The van der Waals surface area contributed by atoms with Gasteiger partial charge in [0.15, 0.2) is 11.5 Å². The molecule has 15 heteroatoms. The number of anilines is 2. The van der Waals surface area contributed by atoms with Crippen LogP contribution in [0.1, 0.15) is 44.7 Å². The second-order valence-electron chi connectivity index (χ2n) is 15.1. The predicted molar refractivity (Wildman–Crippen MR) is 239 cm³/mol. The van der Waals surface area contributed by atoms with Gasteiger partial charge in [-0.25, -0.2) is 16.8 Å². The molecule has 2 aliphatic heterocycles. The van der Waals surface area contributed by atoms with Crippen molar-refractivity contribution < 1.29 is 40.6 Å². The van der Waals surface area contributed by atoms with E-state index in [0.29, 0.717) is 60.3 Å². The Bertz CT molecular complexity index is 2770. The summed E-state index contributed by atoms with van der Waals surface area (Å²) in [5, 5.41) is 2.95. The van der Waals surface area contributed by atoms with Crippen LogP contribution >= 0.6 is 0 Å². The molecule has 1 saturated carbocycles. The monoisotopic (exact) mass is 886 g/mol. The summed E-state index contributed by atoms with van der Waals surface area (Å²) in [5.74, 6) is 0.569. The largest absolute Gasteiger partial charge is 0.454 e. The number of benzene rings is 6. The van der Waals surface area contributed by atoms with Crippen LogP contribution in [0.3, 0.4) is 0 Å². The summed E-state index contributed by atoms with van der Waals surface area (Å²) in [6.07, 6.45) is 1.99. The van der Waals surface area contributed by atoms with Crippen LogP contribution in [0.4, 0.5) is 11.4 Å². The first-order chi connectivity index (χ1) is 30.6. The number of hydrogen-bond acceptors (Lipinski definition) is 9. The number of morpholine rings is 1. The van der Waals surface area contributed by atoms with Gasteiger partial charge in [0, 0.05) is 36.3 Å². The topological polar surface area (TPSA) is 152 Å². The quantitative estimate of drug-likeness (QED) is 0.126. The summed E-state index contributed by atoms with van der Waals surface area (Å²) in [6.45, 7) is 2.32. The highest BCUT2D eigenvalue weighted by Crippen LogP contribution is 2.36. The van der Waals surface area contributed by atoms with Crippen molar-refractivity contribution in [3.63, 3.8) is 0 Å². The summed E-state index contributed by atoms with van der Waals surface area (Å²) in [4.78, 5) is 27.5. The Morgan fingerprint density at radius 2 is 1.10 bits per heavy atom. The van der Waals surface area contributed by atoms with E-state index in [1.165, 1.54) is 20.7 Å². The fraction of sp³-hybridized carbons (Fsp3) is 0.208. The molecule has 2 amide bonds. The van der Waals surface area contributed by atoms with Crippen molar-refractivity contribution >= 4 is 43.2 Å². The zero-order chi connectivity index (χ0) is 43.8. The number of sulfonamides is 2. The predicted octanol–water partition coefficient (Wildman–Crippen LogP) is 7.26. The second-order valence-corrected chi connectivity index (χ2v) is 18.8. The highest BCUT2D eigenvalue weighted by molar-refractivity contribution is 7.93. The third kappa shape index (κ3) is 10.3.